The number of nitrogens with one attached hydrogen (secondary N) is 1. The summed E-state index contributed by atoms with van der Waals surface area (Å²) in [5.41, 5.74) is 3.51. The lowest BCUT2D eigenvalue weighted by Crippen LogP contribution is -2.47. The highest BCUT2D eigenvalue weighted by molar-refractivity contribution is 6.30. The molecule has 0 radical (unpaired) electrons. The highest BCUT2D eigenvalue weighted by Crippen LogP contribution is 2.31. The van der Waals surface area contributed by atoms with Gasteiger partial charge in [0.1, 0.15) is 17.8 Å². The van der Waals surface area contributed by atoms with Gasteiger partial charge in [0.05, 0.1) is 5.39 Å². The van der Waals surface area contributed by atoms with E-state index in [1.807, 2.05) is 30.0 Å². The van der Waals surface area contributed by atoms with E-state index in [4.69, 9.17) is 11.6 Å². The first-order chi connectivity index (χ1) is 16.7. The molecule has 2 aliphatic rings. The third kappa shape index (κ3) is 4.63. The number of carbonyl (C=O) groups excluding carboxylic acids is 1. The lowest BCUT2D eigenvalue weighted by molar-refractivity contribution is -0.200. The van der Waals surface area contributed by atoms with Crippen molar-refractivity contribution in [2.24, 2.45) is 0 Å². The van der Waals surface area contributed by atoms with E-state index in [-0.39, 0.29) is 5.65 Å². The Labute approximate surface area is 203 Å². The molecule has 0 amide bonds. The fourth-order valence-corrected chi connectivity index (χ4v) is 4.28. The smallest absolute Gasteiger partial charge is 0.368 e. The number of benzene rings is 1. The molecule has 35 heavy (non-hydrogen) atoms. The minimum absolute atomic E-state index is 0.0140. The molecule has 13 heteroatoms. The molecule has 0 saturated carbocycles. The van der Waals surface area contributed by atoms with Crippen molar-refractivity contribution in [3.8, 4) is 0 Å². The molecule has 0 aliphatic carbocycles. The number of aryl methyl sites for hydroxylation is 1. The van der Waals surface area contributed by atoms with E-state index in [1.54, 1.807) is 6.08 Å². The number of fused-ring (bicyclic) bond motifs is 1. The van der Waals surface area contributed by atoms with Crippen LogP contribution >= 0.6 is 11.6 Å². The standard InChI is InChI=1S/C22H21ClF3N7O2/c1-13-2-3-15(23)9-17(13)31-4-6-32(7-5-31)19-18-16(8-14-10-27-11-14)30-33(20(18)29-12-28-19)35-21(34)22(24,25)26/h2-3,8-9,12,27H,4-7,10-11H2,1H3. The minimum atomic E-state index is -5.17. The Bertz CT molecular complexity index is 1310. The number of halogens is 4. The van der Waals surface area contributed by atoms with Gasteiger partial charge >= 0.3 is 12.1 Å². The second-order valence-electron chi connectivity index (χ2n) is 8.34. The van der Waals surface area contributed by atoms with Crippen molar-refractivity contribution in [3.05, 3.63) is 46.4 Å². The van der Waals surface area contributed by atoms with E-state index in [2.05, 4.69) is 30.1 Å². The summed E-state index contributed by atoms with van der Waals surface area (Å²) in [4.78, 5) is 29.3. The van der Waals surface area contributed by atoms with Crippen molar-refractivity contribution in [2.75, 3.05) is 49.1 Å². The monoisotopic (exact) mass is 507 g/mol. The molecule has 0 bridgehead atoms. The summed E-state index contributed by atoms with van der Waals surface area (Å²) in [6.07, 6.45) is -2.18. The van der Waals surface area contributed by atoms with Gasteiger partial charge in [0, 0.05) is 50.0 Å². The van der Waals surface area contributed by atoms with Gasteiger partial charge in [-0.1, -0.05) is 22.5 Å². The number of anilines is 2. The Morgan fingerprint density at radius 2 is 1.86 bits per heavy atom. The topological polar surface area (TPSA) is 88.4 Å². The molecule has 2 aromatic heterocycles. The molecule has 2 aliphatic heterocycles. The third-order valence-corrected chi connectivity index (χ3v) is 6.22. The molecule has 0 atom stereocenters. The van der Waals surface area contributed by atoms with Crippen molar-refractivity contribution >= 4 is 46.2 Å². The first kappa shape index (κ1) is 23.4. The molecule has 9 nitrogen and oxygen atoms in total. The largest absolute Gasteiger partial charge is 0.493 e. The van der Waals surface area contributed by atoms with Crippen LogP contribution in [0.4, 0.5) is 24.7 Å². The van der Waals surface area contributed by atoms with Crippen LogP contribution in [0.1, 0.15) is 11.3 Å². The lowest BCUT2D eigenvalue weighted by Gasteiger charge is -2.37. The van der Waals surface area contributed by atoms with Gasteiger partial charge in [-0.25, -0.2) is 14.8 Å². The molecule has 1 aromatic carbocycles. The van der Waals surface area contributed by atoms with Gasteiger partial charge in [-0.2, -0.15) is 13.2 Å². The summed E-state index contributed by atoms with van der Waals surface area (Å²) in [5, 5.41) is 8.31. The number of carbonyl (C=O) groups is 1. The summed E-state index contributed by atoms with van der Waals surface area (Å²) in [7, 11) is 0. The van der Waals surface area contributed by atoms with E-state index in [0.717, 1.165) is 16.8 Å². The zero-order chi connectivity index (χ0) is 24.7. The zero-order valence-electron chi connectivity index (χ0n) is 18.6. The highest BCUT2D eigenvalue weighted by atomic mass is 35.5. The number of hydrogen-bond acceptors (Lipinski definition) is 8. The fourth-order valence-electron chi connectivity index (χ4n) is 4.12. The molecule has 2 saturated heterocycles. The molecule has 4 heterocycles. The van der Waals surface area contributed by atoms with Crippen LogP contribution in [0.2, 0.25) is 5.02 Å². The zero-order valence-corrected chi connectivity index (χ0v) is 19.4. The van der Waals surface area contributed by atoms with Crippen LogP contribution in [-0.4, -0.2) is 71.3 Å². The fraction of sp³-hybridized carbons (Fsp3) is 0.364. The number of alkyl halides is 3. The molecule has 1 N–H and O–H groups in total. The first-order valence-electron chi connectivity index (χ1n) is 10.9. The number of aromatic nitrogens is 4. The van der Waals surface area contributed by atoms with Gasteiger partial charge in [-0.15, -0.1) is 5.10 Å². The van der Waals surface area contributed by atoms with Crippen molar-refractivity contribution in [1.29, 1.82) is 0 Å². The number of piperazine rings is 1. The molecule has 184 valence electrons. The van der Waals surface area contributed by atoms with Crippen LogP contribution in [0.3, 0.4) is 0 Å². The molecule has 0 unspecified atom stereocenters. The average molecular weight is 508 g/mol. The number of rotatable bonds is 4. The summed E-state index contributed by atoms with van der Waals surface area (Å²) in [6.45, 7) is 5.87. The van der Waals surface area contributed by atoms with Gasteiger partial charge in [0.25, 0.3) is 0 Å². The summed E-state index contributed by atoms with van der Waals surface area (Å²) in [5.74, 6) is -1.86. The molecular formula is C22H21ClF3N7O2. The third-order valence-electron chi connectivity index (χ3n) is 5.98. The number of hydrogen-bond donors (Lipinski definition) is 1. The van der Waals surface area contributed by atoms with Gasteiger partial charge < -0.3 is 20.0 Å². The minimum Gasteiger partial charge on any atom is -0.368 e. The highest BCUT2D eigenvalue weighted by Gasteiger charge is 2.42. The lowest BCUT2D eigenvalue weighted by atomic mass is 10.1. The molecule has 5 rings (SSSR count). The Kier molecular flexibility index (Phi) is 6.01. The summed E-state index contributed by atoms with van der Waals surface area (Å²) in [6, 6.07) is 5.76. The molecule has 0 spiro atoms. The number of nitrogens with zero attached hydrogens (tertiary/aromatic N) is 6. The maximum absolute atomic E-state index is 12.8. The summed E-state index contributed by atoms with van der Waals surface area (Å²) >= 11 is 6.19. The maximum Gasteiger partial charge on any atom is 0.493 e. The van der Waals surface area contributed by atoms with Gasteiger partial charge in [0.15, 0.2) is 0 Å². The van der Waals surface area contributed by atoms with E-state index in [0.29, 0.717) is 66.0 Å². The Hall–Kier alpha value is -3.38. The normalized spacial score (nSPS) is 16.4. The SMILES string of the molecule is Cc1ccc(Cl)cc1N1CCN(c2ncnc3c2c(C=C2CNC2)nn3OC(=O)C(F)(F)F)CC1. The molecule has 3 aromatic rings. The van der Waals surface area contributed by atoms with Crippen LogP contribution in [-0.2, 0) is 4.79 Å². The predicted octanol–water partition coefficient (Wildman–Crippen LogP) is 2.62. The second kappa shape index (κ2) is 9.00. The van der Waals surface area contributed by atoms with E-state index < -0.39 is 12.1 Å². The average Bonchev–Trinajstić information content (AvgIpc) is 3.15. The maximum atomic E-state index is 12.8. The van der Waals surface area contributed by atoms with Gasteiger partial charge in [-0.05, 0) is 36.3 Å². The van der Waals surface area contributed by atoms with Crippen molar-refractivity contribution in [1.82, 2.24) is 25.2 Å². The Morgan fingerprint density at radius 1 is 1.14 bits per heavy atom. The van der Waals surface area contributed by atoms with Crippen molar-refractivity contribution in [3.63, 3.8) is 0 Å². The van der Waals surface area contributed by atoms with Crippen LogP contribution in [0.15, 0.2) is 30.1 Å². The van der Waals surface area contributed by atoms with Crippen molar-refractivity contribution < 1.29 is 22.8 Å². The Balaban J connectivity index is 1.47. The second-order valence-corrected chi connectivity index (χ2v) is 8.78. The summed E-state index contributed by atoms with van der Waals surface area (Å²) < 4.78 is 38.5. The quantitative estimate of drug-likeness (QED) is 0.576. The van der Waals surface area contributed by atoms with Crippen LogP contribution in [0, 0.1) is 6.92 Å². The van der Waals surface area contributed by atoms with Crippen LogP contribution in [0.5, 0.6) is 0 Å². The Morgan fingerprint density at radius 3 is 2.51 bits per heavy atom. The van der Waals surface area contributed by atoms with Gasteiger partial charge in [-0.3, -0.25) is 0 Å². The predicted molar refractivity (Wildman–Crippen MR) is 124 cm³/mol. The van der Waals surface area contributed by atoms with Crippen LogP contribution in [0.25, 0.3) is 17.1 Å². The van der Waals surface area contributed by atoms with E-state index in [1.165, 1.54) is 6.33 Å². The first-order valence-corrected chi connectivity index (χ1v) is 11.3. The van der Waals surface area contributed by atoms with Crippen LogP contribution < -0.4 is 20.0 Å². The van der Waals surface area contributed by atoms with E-state index in [9.17, 15) is 18.0 Å². The van der Waals surface area contributed by atoms with Crippen molar-refractivity contribution in [2.45, 2.75) is 13.1 Å². The molecule has 2 fully saturated rings. The van der Waals surface area contributed by atoms with Gasteiger partial charge in [0.2, 0.25) is 5.65 Å². The van der Waals surface area contributed by atoms with E-state index >= 15 is 0 Å². The molecular weight excluding hydrogens is 487 g/mol.